The second kappa shape index (κ2) is 4.44. The summed E-state index contributed by atoms with van der Waals surface area (Å²) in [5.41, 5.74) is 6.58. The molecule has 0 radical (unpaired) electrons. The van der Waals surface area contributed by atoms with E-state index >= 15 is 0 Å². The molecule has 3 unspecified atom stereocenters. The molecule has 0 aliphatic carbocycles. The zero-order valence-electron chi connectivity index (χ0n) is 9.86. The standard InChI is InChI=1S/C13H15ClN2O2/c14-9-3-1-2-8(12(9)15)13(17)16-10-6-7-4-5-11(10)18-7/h1-3,7,10-11H,4-6,15H2,(H,16,17). The van der Waals surface area contributed by atoms with Crippen LogP contribution in [0.15, 0.2) is 18.2 Å². The fourth-order valence-corrected chi connectivity index (χ4v) is 2.95. The van der Waals surface area contributed by atoms with Gasteiger partial charge in [-0.1, -0.05) is 17.7 Å². The van der Waals surface area contributed by atoms with Gasteiger partial charge < -0.3 is 15.8 Å². The van der Waals surface area contributed by atoms with Crippen molar-refractivity contribution in [3.8, 4) is 0 Å². The minimum absolute atomic E-state index is 0.106. The molecule has 96 valence electrons. The third-order valence-corrected chi connectivity index (χ3v) is 4.05. The van der Waals surface area contributed by atoms with Crippen molar-refractivity contribution in [3.05, 3.63) is 28.8 Å². The first-order valence-electron chi connectivity index (χ1n) is 6.15. The lowest BCUT2D eigenvalue weighted by molar-refractivity contribution is 0.0841. The van der Waals surface area contributed by atoms with Crippen molar-refractivity contribution in [1.82, 2.24) is 5.32 Å². The van der Waals surface area contributed by atoms with Crippen LogP contribution in [0.4, 0.5) is 5.69 Å². The summed E-state index contributed by atoms with van der Waals surface area (Å²) < 4.78 is 5.70. The Bertz CT molecular complexity index is 492. The van der Waals surface area contributed by atoms with Crippen LogP contribution in [0.2, 0.25) is 5.02 Å². The lowest BCUT2D eigenvalue weighted by Gasteiger charge is -2.20. The van der Waals surface area contributed by atoms with Crippen molar-refractivity contribution in [1.29, 1.82) is 0 Å². The van der Waals surface area contributed by atoms with Crippen LogP contribution in [-0.4, -0.2) is 24.2 Å². The Hall–Kier alpha value is -1.26. The molecule has 2 bridgehead atoms. The molecule has 18 heavy (non-hydrogen) atoms. The molecule has 5 heteroatoms. The molecule has 1 aromatic carbocycles. The van der Waals surface area contributed by atoms with Crippen molar-refractivity contribution in [2.24, 2.45) is 0 Å². The van der Waals surface area contributed by atoms with E-state index in [2.05, 4.69) is 5.32 Å². The highest BCUT2D eigenvalue weighted by Crippen LogP contribution is 2.34. The van der Waals surface area contributed by atoms with Crippen LogP contribution >= 0.6 is 11.6 Å². The van der Waals surface area contributed by atoms with E-state index in [-0.39, 0.29) is 18.1 Å². The maximum atomic E-state index is 12.1. The molecule has 2 aliphatic rings. The van der Waals surface area contributed by atoms with E-state index in [0.29, 0.717) is 22.4 Å². The Balaban J connectivity index is 1.73. The number of nitrogens with two attached hydrogens (primary N) is 1. The average molecular weight is 267 g/mol. The van der Waals surface area contributed by atoms with Crippen LogP contribution in [0, 0.1) is 0 Å². The van der Waals surface area contributed by atoms with E-state index in [1.165, 1.54) is 0 Å². The Kier molecular flexibility index (Phi) is 2.92. The quantitative estimate of drug-likeness (QED) is 0.805. The lowest BCUT2D eigenvalue weighted by atomic mass is 9.95. The number of benzene rings is 1. The summed E-state index contributed by atoms with van der Waals surface area (Å²) in [5.74, 6) is -0.170. The van der Waals surface area contributed by atoms with Gasteiger partial charge in [0, 0.05) is 0 Å². The van der Waals surface area contributed by atoms with Gasteiger partial charge in [0.15, 0.2) is 0 Å². The van der Waals surface area contributed by atoms with Crippen LogP contribution in [0.3, 0.4) is 0 Å². The fourth-order valence-electron chi connectivity index (χ4n) is 2.77. The number of nitrogen functional groups attached to an aromatic ring is 1. The molecule has 2 fully saturated rings. The van der Waals surface area contributed by atoms with Crippen LogP contribution in [0.1, 0.15) is 29.6 Å². The summed E-state index contributed by atoms with van der Waals surface area (Å²) in [6.45, 7) is 0. The van der Waals surface area contributed by atoms with Gasteiger partial charge in [0.1, 0.15) is 0 Å². The summed E-state index contributed by atoms with van der Waals surface area (Å²) in [5, 5.41) is 3.40. The molecule has 2 aliphatic heterocycles. The number of halogens is 1. The third-order valence-electron chi connectivity index (χ3n) is 3.72. The second-order valence-corrected chi connectivity index (χ2v) is 5.30. The number of hydrogen-bond acceptors (Lipinski definition) is 3. The van der Waals surface area contributed by atoms with Crippen molar-refractivity contribution >= 4 is 23.2 Å². The van der Waals surface area contributed by atoms with Gasteiger partial charge in [0.05, 0.1) is 34.5 Å². The van der Waals surface area contributed by atoms with E-state index in [1.54, 1.807) is 18.2 Å². The molecule has 1 aromatic rings. The summed E-state index contributed by atoms with van der Waals surface area (Å²) in [7, 11) is 0. The Morgan fingerprint density at radius 3 is 2.94 bits per heavy atom. The summed E-state index contributed by atoms with van der Waals surface area (Å²) in [4.78, 5) is 12.1. The molecule has 3 rings (SSSR count). The van der Waals surface area contributed by atoms with Crippen molar-refractivity contribution in [2.75, 3.05) is 5.73 Å². The number of anilines is 1. The molecule has 1 amide bonds. The largest absolute Gasteiger partial charge is 0.397 e. The average Bonchev–Trinajstić information content (AvgIpc) is 2.94. The minimum Gasteiger partial charge on any atom is -0.397 e. The number of ether oxygens (including phenoxy) is 1. The maximum absolute atomic E-state index is 12.1. The third kappa shape index (κ3) is 1.95. The fraction of sp³-hybridized carbons (Fsp3) is 0.462. The van der Waals surface area contributed by atoms with Crippen LogP contribution in [-0.2, 0) is 4.74 Å². The SMILES string of the molecule is Nc1c(Cl)cccc1C(=O)NC1CC2CCC1O2. The zero-order valence-corrected chi connectivity index (χ0v) is 10.6. The Morgan fingerprint density at radius 1 is 1.44 bits per heavy atom. The van der Waals surface area contributed by atoms with Gasteiger partial charge in [-0.05, 0) is 31.4 Å². The van der Waals surface area contributed by atoms with Gasteiger partial charge in [0.2, 0.25) is 0 Å². The van der Waals surface area contributed by atoms with Crippen molar-refractivity contribution < 1.29 is 9.53 Å². The van der Waals surface area contributed by atoms with Crippen molar-refractivity contribution in [2.45, 2.75) is 37.5 Å². The summed E-state index contributed by atoms with van der Waals surface area (Å²) in [6.07, 6.45) is 3.52. The highest BCUT2D eigenvalue weighted by Gasteiger charge is 2.41. The van der Waals surface area contributed by atoms with E-state index in [1.807, 2.05) is 0 Å². The number of nitrogens with one attached hydrogen (secondary N) is 1. The van der Waals surface area contributed by atoms with Crippen molar-refractivity contribution in [3.63, 3.8) is 0 Å². The number of para-hydroxylation sites is 1. The normalized spacial score (nSPS) is 29.5. The summed E-state index contributed by atoms with van der Waals surface area (Å²) in [6, 6.07) is 5.19. The molecule has 2 heterocycles. The minimum atomic E-state index is -0.170. The van der Waals surface area contributed by atoms with Crippen LogP contribution in [0.5, 0.6) is 0 Å². The first-order chi connectivity index (χ1) is 8.65. The van der Waals surface area contributed by atoms with Crippen LogP contribution in [0.25, 0.3) is 0 Å². The number of carbonyl (C=O) groups excluding carboxylic acids is 1. The zero-order chi connectivity index (χ0) is 12.7. The van der Waals surface area contributed by atoms with Gasteiger partial charge in [-0.15, -0.1) is 0 Å². The molecular weight excluding hydrogens is 252 g/mol. The predicted molar refractivity (Wildman–Crippen MR) is 69.6 cm³/mol. The van der Waals surface area contributed by atoms with E-state index in [4.69, 9.17) is 22.1 Å². The topological polar surface area (TPSA) is 64.4 Å². The van der Waals surface area contributed by atoms with Gasteiger partial charge in [-0.2, -0.15) is 0 Å². The monoisotopic (exact) mass is 266 g/mol. The van der Waals surface area contributed by atoms with Gasteiger partial charge in [-0.25, -0.2) is 0 Å². The molecule has 3 atom stereocenters. The second-order valence-electron chi connectivity index (χ2n) is 4.89. The van der Waals surface area contributed by atoms with Crippen LogP contribution < -0.4 is 11.1 Å². The number of hydrogen-bond donors (Lipinski definition) is 2. The van der Waals surface area contributed by atoms with E-state index < -0.39 is 0 Å². The van der Waals surface area contributed by atoms with Gasteiger partial charge in [0.25, 0.3) is 5.91 Å². The maximum Gasteiger partial charge on any atom is 0.253 e. The first kappa shape index (κ1) is 11.8. The van der Waals surface area contributed by atoms with E-state index in [9.17, 15) is 4.79 Å². The summed E-state index contributed by atoms with van der Waals surface area (Å²) >= 11 is 5.91. The number of amides is 1. The van der Waals surface area contributed by atoms with Gasteiger partial charge in [-0.3, -0.25) is 4.79 Å². The first-order valence-corrected chi connectivity index (χ1v) is 6.53. The Morgan fingerprint density at radius 2 is 2.28 bits per heavy atom. The molecule has 0 aromatic heterocycles. The molecule has 4 nitrogen and oxygen atoms in total. The Labute approximate surface area is 110 Å². The highest BCUT2D eigenvalue weighted by atomic mass is 35.5. The molecule has 0 spiro atoms. The number of rotatable bonds is 2. The highest BCUT2D eigenvalue weighted by molar-refractivity contribution is 6.33. The number of fused-ring (bicyclic) bond motifs is 2. The molecule has 2 saturated heterocycles. The lowest BCUT2D eigenvalue weighted by Crippen LogP contribution is -2.41. The van der Waals surface area contributed by atoms with E-state index in [0.717, 1.165) is 19.3 Å². The predicted octanol–water partition coefficient (Wildman–Crippen LogP) is 1.97. The molecular formula is C13H15ClN2O2. The molecule has 0 saturated carbocycles. The molecule has 3 N–H and O–H groups in total. The number of carbonyl (C=O) groups is 1. The van der Waals surface area contributed by atoms with Gasteiger partial charge >= 0.3 is 0 Å². The smallest absolute Gasteiger partial charge is 0.253 e.